The molecule has 0 unspecified atom stereocenters. The van der Waals surface area contributed by atoms with Crippen molar-refractivity contribution in [1.29, 1.82) is 0 Å². The first kappa shape index (κ1) is 64.8. The van der Waals surface area contributed by atoms with Crippen LogP contribution < -0.4 is 15.8 Å². The van der Waals surface area contributed by atoms with Crippen LogP contribution in [0.25, 0.3) is 10.9 Å². The molecule has 0 spiro atoms. The predicted octanol–water partition coefficient (Wildman–Crippen LogP) is 3.77. The summed E-state index contributed by atoms with van der Waals surface area (Å²) >= 11 is 0. The van der Waals surface area contributed by atoms with Crippen LogP contribution in [0.4, 0.5) is 0 Å². The molecule has 0 aliphatic carbocycles. The molecule has 4 aliphatic heterocycles. The van der Waals surface area contributed by atoms with E-state index in [1.165, 1.54) is 13.3 Å². The second-order valence-corrected chi connectivity index (χ2v) is 25.6. The minimum atomic E-state index is -4.20. The van der Waals surface area contributed by atoms with Crippen molar-refractivity contribution in [3.63, 3.8) is 0 Å². The number of pyridine rings is 1. The summed E-state index contributed by atoms with van der Waals surface area (Å²) < 4.78 is 86.5. The summed E-state index contributed by atoms with van der Waals surface area (Å²) in [4.78, 5) is 41.5. The van der Waals surface area contributed by atoms with Gasteiger partial charge in [0.25, 0.3) is 10.1 Å². The van der Waals surface area contributed by atoms with Crippen LogP contribution in [-0.4, -0.2) is 201 Å². The predicted molar refractivity (Wildman–Crippen MR) is 294 cm³/mol. The molecule has 4 fully saturated rings. The molecule has 22 nitrogen and oxygen atoms in total. The molecule has 0 saturated carbocycles. The van der Waals surface area contributed by atoms with Gasteiger partial charge < -0.3 is 73.5 Å². The zero-order valence-corrected chi connectivity index (χ0v) is 50.1. The Balaban J connectivity index is 1.21. The second kappa shape index (κ2) is 26.0. The van der Waals surface area contributed by atoms with Crippen LogP contribution in [0.15, 0.2) is 29.2 Å². The smallest absolute Gasteiger partial charge is 0.341 e. The highest BCUT2D eigenvalue weighted by atomic mass is 32.2. The molecular formula is C56H92N4O18S. The molecule has 0 amide bonds. The molecule has 5 N–H and O–H groups in total. The van der Waals surface area contributed by atoms with Crippen LogP contribution in [-0.2, 0) is 63.4 Å². The first-order valence-corrected chi connectivity index (χ1v) is 29.5. The molecule has 1 aromatic carbocycles. The molecule has 6 rings (SSSR count). The summed E-state index contributed by atoms with van der Waals surface area (Å²) in [6, 6.07) is 4.99. The Hall–Kier alpha value is -3.40. The third-order valence-electron chi connectivity index (χ3n) is 16.9. The number of aliphatic hydroxyl groups excluding tert-OH is 1. The van der Waals surface area contributed by atoms with E-state index in [1.54, 1.807) is 84.4 Å². The van der Waals surface area contributed by atoms with Crippen molar-refractivity contribution >= 4 is 33.0 Å². The summed E-state index contributed by atoms with van der Waals surface area (Å²) in [6.07, 6.45) is -8.17. The van der Waals surface area contributed by atoms with E-state index in [0.717, 1.165) is 5.56 Å². The molecular weight excluding hydrogens is 1050 g/mol. The van der Waals surface area contributed by atoms with Crippen molar-refractivity contribution in [2.45, 2.75) is 211 Å². The van der Waals surface area contributed by atoms with E-state index in [0.29, 0.717) is 31.3 Å². The van der Waals surface area contributed by atoms with E-state index in [9.17, 15) is 43.2 Å². The number of cyclic esters (lactones) is 1. The van der Waals surface area contributed by atoms with Gasteiger partial charge in [-0.05, 0) is 125 Å². The number of nitrogens with zero attached hydrogens (tertiary/aromatic N) is 3. The number of hydrogen-bond donors (Lipinski definition) is 5. The van der Waals surface area contributed by atoms with E-state index >= 15 is 0 Å². The van der Waals surface area contributed by atoms with Crippen molar-refractivity contribution < 1.29 is 80.5 Å². The lowest BCUT2D eigenvalue weighted by atomic mass is 9.73. The van der Waals surface area contributed by atoms with E-state index in [1.807, 2.05) is 52.8 Å². The molecule has 79 heavy (non-hydrogen) atoms. The van der Waals surface area contributed by atoms with Crippen molar-refractivity contribution in [1.82, 2.24) is 14.9 Å². The Labute approximate surface area is 466 Å². The van der Waals surface area contributed by atoms with Gasteiger partial charge in [0.1, 0.15) is 29.5 Å². The average Bonchev–Trinajstić information content (AvgIpc) is 3.43. The number of methoxy groups -OCH3 is 1. The van der Waals surface area contributed by atoms with Gasteiger partial charge in [0.15, 0.2) is 18.9 Å². The summed E-state index contributed by atoms with van der Waals surface area (Å²) in [6.45, 7) is 19.8. The Morgan fingerprint density at radius 3 is 2.22 bits per heavy atom. The normalized spacial score (nSPS) is 39.0. The molecule has 23 heteroatoms. The van der Waals surface area contributed by atoms with Crippen molar-refractivity contribution in [3.8, 4) is 0 Å². The SMILES string of the molecule is CC[C@H]1OC(=O)[C@H](C)[C@@H](O[C@H]2C[C@@](C)(OC)[C@@H](OS(=O)(=O)CCNCCCc3ccc4c(c3)c(=O)c(C(=O)O)cn4N(C)C)[C@H](C)O2)[C@H](C)[C@@H](O[C@@H]2O[C@H](C)C[C@H](N(C)C)[C@H]2O)[C@](C)(O)C[C@@H](C)[C@@H]2O[C@H](C)O[C@H]([C@H]2C)[C@]1(C)O. The summed E-state index contributed by atoms with van der Waals surface area (Å²) in [5, 5.41) is 51.9. The van der Waals surface area contributed by atoms with Gasteiger partial charge in [0.2, 0.25) is 5.43 Å². The van der Waals surface area contributed by atoms with Crippen LogP contribution in [0.3, 0.4) is 0 Å². The Morgan fingerprint density at radius 2 is 1.59 bits per heavy atom. The highest BCUT2D eigenvalue weighted by molar-refractivity contribution is 7.86. The van der Waals surface area contributed by atoms with Gasteiger partial charge in [-0.3, -0.25) is 18.4 Å². The third kappa shape index (κ3) is 14.7. The largest absolute Gasteiger partial charge is 0.477 e. The fourth-order valence-electron chi connectivity index (χ4n) is 12.7. The molecule has 5 heterocycles. The van der Waals surface area contributed by atoms with E-state index < -0.39 is 130 Å². The lowest BCUT2D eigenvalue weighted by Gasteiger charge is -2.51. The molecule has 4 aliphatic rings. The first-order valence-electron chi connectivity index (χ1n) is 28.0. The number of hydrogen-bond acceptors (Lipinski definition) is 20. The van der Waals surface area contributed by atoms with Crippen LogP contribution in [0.5, 0.6) is 0 Å². The monoisotopic (exact) mass is 1140 g/mol. The topological polar surface area (TPSA) is 273 Å². The standard InChI is InChI=1S/C56H92N4O18S/c1-17-42-56(11,67)49-32(4)46(73-36(8)74-49)30(2)27-54(9,66)48(77-53-45(62)41(58(12)13)25-31(3)71-53)33(5)47(34(6)52(65)75-42)76-43-28-55(10,70-16)50(35(7)72-43)78-79(68,69)24-23-57-22-18-19-37-20-21-40-38(26-37)44(61)39(51(63)64)29-60(40)59(14)15/h20-21,26,29-36,41-43,45-50,53,57,62,66-67H,17-19,22-25,27-28H2,1-16H3,(H,63,64)/t30-,31-,32+,33+,34-,35+,36+,41+,42-,43+,45-,46+,47+,48-,49-,50+,53+,54-,55-,56-/m1/s1. The second-order valence-electron chi connectivity index (χ2n) is 23.9. The average molecular weight is 1140 g/mol. The Bertz CT molecular complexity index is 2560. The molecule has 20 atom stereocenters. The van der Waals surface area contributed by atoms with E-state index in [4.69, 9.17) is 42.1 Å². The van der Waals surface area contributed by atoms with Gasteiger partial charge in [0, 0.05) is 63.6 Å². The summed E-state index contributed by atoms with van der Waals surface area (Å²) in [7, 11) is 4.44. The maximum Gasteiger partial charge on any atom is 0.341 e. The lowest BCUT2D eigenvalue weighted by molar-refractivity contribution is -0.325. The van der Waals surface area contributed by atoms with Gasteiger partial charge in [-0.1, -0.05) is 33.8 Å². The minimum Gasteiger partial charge on any atom is -0.477 e. The molecule has 0 radical (unpaired) electrons. The number of ether oxygens (including phenoxy) is 8. The lowest BCUT2D eigenvalue weighted by Crippen LogP contribution is -2.63. The highest BCUT2D eigenvalue weighted by Crippen LogP contribution is 2.44. The molecule has 1 aromatic heterocycles. The number of carboxylic acids is 1. The van der Waals surface area contributed by atoms with Crippen molar-refractivity contribution in [3.05, 3.63) is 45.7 Å². The number of carboxylic acid groups (broad SMARTS) is 1. The van der Waals surface area contributed by atoms with Crippen LogP contribution in [0, 0.1) is 23.7 Å². The van der Waals surface area contributed by atoms with E-state index in [-0.39, 0.29) is 60.6 Å². The van der Waals surface area contributed by atoms with E-state index in [2.05, 4.69) is 5.32 Å². The number of fused-ring (bicyclic) bond motifs is 3. The van der Waals surface area contributed by atoms with Gasteiger partial charge in [-0.15, -0.1) is 0 Å². The fourth-order valence-corrected chi connectivity index (χ4v) is 13.8. The van der Waals surface area contributed by atoms with Crippen LogP contribution in [0.1, 0.15) is 124 Å². The number of carbonyl (C=O) groups excluding carboxylic acids is 1. The summed E-state index contributed by atoms with van der Waals surface area (Å²) in [5.41, 5.74) is -4.25. The Kier molecular flexibility index (Phi) is 21.3. The zero-order chi connectivity index (χ0) is 58.9. The number of likely N-dealkylation sites (N-methyl/N-ethyl adjacent to an activating group) is 1. The minimum absolute atomic E-state index is 0.0533. The van der Waals surface area contributed by atoms with Crippen molar-refractivity contribution in [2.24, 2.45) is 23.7 Å². The number of nitrogens with one attached hydrogen (secondary N) is 1. The van der Waals surface area contributed by atoms with Crippen LogP contribution >= 0.6 is 0 Å². The summed E-state index contributed by atoms with van der Waals surface area (Å²) in [5.74, 6) is -5.19. The van der Waals surface area contributed by atoms with Gasteiger partial charge in [-0.25, -0.2) is 4.79 Å². The first-order chi connectivity index (χ1) is 36.8. The number of rotatable bonds is 18. The quantitative estimate of drug-likeness (QED) is 0.0807. The Morgan fingerprint density at radius 1 is 0.911 bits per heavy atom. The maximum atomic E-state index is 14.7. The van der Waals surface area contributed by atoms with Gasteiger partial charge in [-0.2, -0.15) is 8.42 Å². The number of benzene rings is 1. The molecule has 450 valence electrons. The van der Waals surface area contributed by atoms with Crippen molar-refractivity contribution in [2.75, 3.05) is 59.2 Å². The third-order valence-corrected chi connectivity index (χ3v) is 18.1. The molecule has 2 aromatic rings. The highest BCUT2D eigenvalue weighted by Gasteiger charge is 2.56. The number of esters is 1. The molecule has 2 bridgehead atoms. The number of aliphatic hydroxyl groups is 3. The maximum absolute atomic E-state index is 14.7. The number of carbonyl (C=O) groups is 2. The fraction of sp³-hybridized carbons (Fsp3) is 0.804. The molecule has 4 saturated heterocycles. The number of aromatic nitrogens is 1. The van der Waals surface area contributed by atoms with Gasteiger partial charge in [0.05, 0.1) is 65.0 Å². The number of aryl methyl sites for hydroxylation is 1. The van der Waals surface area contributed by atoms with Crippen LogP contribution in [0.2, 0.25) is 0 Å². The number of aromatic carboxylic acids is 1. The van der Waals surface area contributed by atoms with Gasteiger partial charge >= 0.3 is 11.9 Å². The zero-order valence-electron chi connectivity index (χ0n) is 49.2.